The van der Waals surface area contributed by atoms with E-state index in [1.54, 1.807) is 12.1 Å². The first-order valence-corrected chi connectivity index (χ1v) is 5.67. The third-order valence-electron chi connectivity index (χ3n) is 1.95. The molecule has 3 N–H and O–H groups in total. The summed E-state index contributed by atoms with van der Waals surface area (Å²) in [7, 11) is 0. The Morgan fingerprint density at radius 1 is 1.32 bits per heavy atom. The van der Waals surface area contributed by atoms with Gasteiger partial charge in [0.05, 0.1) is 5.75 Å². The quantitative estimate of drug-likeness (QED) is 0.356. The Labute approximate surface area is 139 Å². The molecule has 8 heteroatoms. The number of thiol groups is 1. The molecule has 0 saturated carbocycles. The van der Waals surface area contributed by atoms with E-state index in [4.69, 9.17) is 5.11 Å². The second kappa shape index (κ2) is 8.98. The molecule has 0 heterocycles. The van der Waals surface area contributed by atoms with Gasteiger partial charge in [-0.15, -0.1) is 0 Å². The molecule has 0 unspecified atom stereocenters. The monoisotopic (exact) mass is 292 g/mol. The Bertz CT molecular complexity index is 487. The van der Waals surface area contributed by atoms with Crippen LogP contribution in [-0.2, 0) is 9.59 Å². The van der Waals surface area contributed by atoms with Gasteiger partial charge in [-0.05, 0) is 18.2 Å². The summed E-state index contributed by atoms with van der Waals surface area (Å²) >= 11 is 3.81. The van der Waals surface area contributed by atoms with Gasteiger partial charge in [-0.2, -0.15) is 12.6 Å². The summed E-state index contributed by atoms with van der Waals surface area (Å²) < 4.78 is 0. The minimum atomic E-state index is -1.12. The number of hydrogen-bond donors (Lipinski definition) is 4. The standard InChI is InChI=1S/C11H12N2O4S.Na.H/c14-9(6-18)13-8-3-1-2-7(4-8)11(17)12-5-10(15)16;;/h1-4,18H,5-6H2,(H,12,17)(H,13,14)(H,15,16);;/q;+1;-1. The van der Waals surface area contributed by atoms with Crippen LogP contribution in [0.3, 0.4) is 0 Å². The zero-order chi connectivity index (χ0) is 13.5. The van der Waals surface area contributed by atoms with E-state index < -0.39 is 18.4 Å². The van der Waals surface area contributed by atoms with E-state index in [9.17, 15) is 14.4 Å². The van der Waals surface area contributed by atoms with Crippen LogP contribution >= 0.6 is 12.6 Å². The maximum absolute atomic E-state index is 11.6. The van der Waals surface area contributed by atoms with Crippen LogP contribution < -0.4 is 40.2 Å². The van der Waals surface area contributed by atoms with E-state index in [-0.39, 0.29) is 48.2 Å². The number of carbonyl (C=O) groups is 3. The van der Waals surface area contributed by atoms with Crippen LogP contribution in [0, 0.1) is 0 Å². The fourth-order valence-corrected chi connectivity index (χ4v) is 1.28. The predicted octanol–water partition coefficient (Wildman–Crippen LogP) is -2.51. The largest absolute Gasteiger partial charge is 1.00 e. The molecular formula is C11H13N2NaO4S. The molecule has 0 spiro atoms. The Kier molecular flexibility index (Phi) is 8.49. The molecule has 1 aromatic rings. The summed E-state index contributed by atoms with van der Waals surface area (Å²) in [4.78, 5) is 33.0. The number of benzene rings is 1. The van der Waals surface area contributed by atoms with E-state index >= 15 is 0 Å². The van der Waals surface area contributed by atoms with Gasteiger partial charge < -0.3 is 17.2 Å². The van der Waals surface area contributed by atoms with Crippen molar-refractivity contribution in [3.05, 3.63) is 29.8 Å². The number of carboxylic acids is 1. The molecule has 0 bridgehead atoms. The van der Waals surface area contributed by atoms with Gasteiger partial charge in [0, 0.05) is 11.3 Å². The Morgan fingerprint density at radius 3 is 2.58 bits per heavy atom. The fraction of sp³-hybridized carbons (Fsp3) is 0.182. The maximum Gasteiger partial charge on any atom is 1.00 e. The molecule has 0 aromatic heterocycles. The molecule has 0 atom stereocenters. The van der Waals surface area contributed by atoms with Crippen molar-refractivity contribution in [3.8, 4) is 0 Å². The minimum absolute atomic E-state index is 0. The number of carboxylic acid groups (broad SMARTS) is 1. The Morgan fingerprint density at radius 2 is 2.00 bits per heavy atom. The second-order valence-electron chi connectivity index (χ2n) is 3.36. The first kappa shape index (κ1) is 18.0. The normalized spacial score (nSPS) is 9.11. The number of nitrogens with one attached hydrogen (secondary N) is 2. The maximum atomic E-state index is 11.6. The van der Waals surface area contributed by atoms with Crippen molar-refractivity contribution in [3.63, 3.8) is 0 Å². The molecule has 0 aliphatic rings. The molecule has 6 nitrogen and oxygen atoms in total. The molecule has 98 valence electrons. The van der Waals surface area contributed by atoms with Gasteiger partial charge >= 0.3 is 35.5 Å². The van der Waals surface area contributed by atoms with Crippen molar-refractivity contribution in [2.75, 3.05) is 17.6 Å². The average molecular weight is 292 g/mol. The molecule has 1 rings (SSSR count). The molecular weight excluding hydrogens is 279 g/mol. The summed E-state index contributed by atoms with van der Waals surface area (Å²) in [5.74, 6) is -1.89. The predicted molar refractivity (Wildman–Crippen MR) is 70.0 cm³/mol. The Hall–Kier alpha value is -1.02. The number of carbonyl (C=O) groups excluding carboxylic acids is 2. The van der Waals surface area contributed by atoms with Crippen LogP contribution in [0.2, 0.25) is 0 Å². The summed E-state index contributed by atoms with van der Waals surface area (Å²) in [5, 5.41) is 13.2. The number of rotatable bonds is 5. The van der Waals surface area contributed by atoms with Gasteiger partial charge in [-0.3, -0.25) is 14.4 Å². The van der Waals surface area contributed by atoms with Gasteiger partial charge in [-0.1, -0.05) is 6.07 Å². The van der Waals surface area contributed by atoms with Gasteiger partial charge in [0.25, 0.3) is 5.91 Å². The van der Waals surface area contributed by atoms with Crippen molar-refractivity contribution < 1.29 is 50.5 Å². The van der Waals surface area contributed by atoms with Crippen LogP contribution in [0.5, 0.6) is 0 Å². The van der Waals surface area contributed by atoms with Crippen molar-refractivity contribution in [2.24, 2.45) is 0 Å². The van der Waals surface area contributed by atoms with Crippen molar-refractivity contribution >= 4 is 36.1 Å². The van der Waals surface area contributed by atoms with E-state index in [2.05, 4.69) is 23.3 Å². The number of amides is 2. The third kappa shape index (κ3) is 6.63. The van der Waals surface area contributed by atoms with Crippen molar-refractivity contribution in [2.45, 2.75) is 0 Å². The molecule has 0 fully saturated rings. The molecule has 0 aliphatic heterocycles. The van der Waals surface area contributed by atoms with Gasteiger partial charge in [0.15, 0.2) is 0 Å². The average Bonchev–Trinajstić information content (AvgIpc) is 2.36. The van der Waals surface area contributed by atoms with Crippen LogP contribution in [0.4, 0.5) is 5.69 Å². The number of anilines is 1. The number of aliphatic carboxylic acids is 1. The summed E-state index contributed by atoms with van der Waals surface area (Å²) in [5.41, 5.74) is 0.727. The molecule has 0 aliphatic carbocycles. The molecule has 19 heavy (non-hydrogen) atoms. The smallest absolute Gasteiger partial charge is 1.00 e. The molecule has 0 saturated heterocycles. The summed E-state index contributed by atoms with van der Waals surface area (Å²) in [6.07, 6.45) is 0. The van der Waals surface area contributed by atoms with E-state index in [0.29, 0.717) is 5.69 Å². The van der Waals surface area contributed by atoms with Crippen molar-refractivity contribution in [1.29, 1.82) is 0 Å². The first-order chi connectivity index (χ1) is 8.52. The van der Waals surface area contributed by atoms with Crippen LogP contribution in [-0.4, -0.2) is 35.2 Å². The number of hydrogen-bond acceptors (Lipinski definition) is 4. The zero-order valence-electron chi connectivity index (χ0n) is 11.3. The fourth-order valence-electron chi connectivity index (χ4n) is 1.20. The molecule has 2 amide bonds. The van der Waals surface area contributed by atoms with Crippen molar-refractivity contribution in [1.82, 2.24) is 5.32 Å². The van der Waals surface area contributed by atoms with Gasteiger partial charge in [-0.25, -0.2) is 0 Å². The topological polar surface area (TPSA) is 95.5 Å². The van der Waals surface area contributed by atoms with Gasteiger partial charge in [0.2, 0.25) is 5.91 Å². The SMILES string of the molecule is O=C(O)CNC(=O)c1cccc(NC(=O)CS)c1.[H-].[Na+]. The third-order valence-corrected chi connectivity index (χ3v) is 2.24. The minimum Gasteiger partial charge on any atom is -1.00 e. The molecule has 1 aromatic carbocycles. The van der Waals surface area contributed by atoms with E-state index in [1.807, 2.05) is 0 Å². The van der Waals surface area contributed by atoms with Crippen LogP contribution in [0.15, 0.2) is 24.3 Å². The van der Waals surface area contributed by atoms with E-state index in [1.165, 1.54) is 12.1 Å². The Balaban J connectivity index is 0. The molecule has 0 radical (unpaired) electrons. The van der Waals surface area contributed by atoms with Crippen LogP contribution in [0.1, 0.15) is 11.8 Å². The zero-order valence-corrected chi connectivity index (χ0v) is 13.2. The van der Waals surface area contributed by atoms with E-state index in [0.717, 1.165) is 0 Å². The first-order valence-electron chi connectivity index (χ1n) is 5.03. The summed E-state index contributed by atoms with van der Waals surface area (Å²) in [6, 6.07) is 6.19. The van der Waals surface area contributed by atoms with Crippen LogP contribution in [0.25, 0.3) is 0 Å². The summed E-state index contributed by atoms with van der Waals surface area (Å²) in [6.45, 7) is -0.452. The van der Waals surface area contributed by atoms with Gasteiger partial charge in [0.1, 0.15) is 6.54 Å². The second-order valence-corrected chi connectivity index (χ2v) is 3.68.